The summed E-state index contributed by atoms with van der Waals surface area (Å²) in [6, 6.07) is 11.8. The third-order valence-electron chi connectivity index (χ3n) is 3.80. The molecule has 0 saturated heterocycles. The fourth-order valence-corrected chi connectivity index (χ4v) is 3.98. The van der Waals surface area contributed by atoms with Crippen LogP contribution in [0.4, 0.5) is 0 Å². The van der Waals surface area contributed by atoms with E-state index in [4.69, 9.17) is 4.74 Å². The van der Waals surface area contributed by atoms with Crippen molar-refractivity contribution in [3.05, 3.63) is 66.6 Å². The quantitative estimate of drug-likeness (QED) is 0.649. The highest BCUT2D eigenvalue weighted by atomic mass is 35.5. The van der Waals surface area contributed by atoms with Gasteiger partial charge >= 0.3 is 0 Å². The van der Waals surface area contributed by atoms with E-state index in [0.717, 1.165) is 11.1 Å². The molecule has 0 atom stereocenters. The predicted molar refractivity (Wildman–Crippen MR) is 111 cm³/mol. The van der Waals surface area contributed by atoms with Gasteiger partial charge in [0.05, 0.1) is 17.7 Å². The molecule has 0 aliphatic carbocycles. The number of ether oxygens (including phenoxy) is 1. The van der Waals surface area contributed by atoms with Crippen LogP contribution < -0.4 is 10.1 Å². The maximum atomic E-state index is 13.1. The van der Waals surface area contributed by atoms with Crippen LogP contribution in [-0.4, -0.2) is 31.5 Å². The highest BCUT2D eigenvalue weighted by molar-refractivity contribution is 7.90. The minimum atomic E-state index is -3.73. The molecule has 0 amide bonds. The second-order valence-electron chi connectivity index (χ2n) is 5.48. The Balaban J connectivity index is 0.00000182. The van der Waals surface area contributed by atoms with Crippen molar-refractivity contribution >= 4 is 34.8 Å². The van der Waals surface area contributed by atoms with Crippen LogP contribution in [0, 0.1) is 0 Å². The van der Waals surface area contributed by atoms with E-state index in [-0.39, 0.29) is 29.7 Å². The molecule has 27 heavy (non-hydrogen) atoms. The van der Waals surface area contributed by atoms with E-state index in [2.05, 4.69) is 10.3 Å². The van der Waals surface area contributed by atoms with Crippen LogP contribution in [0.3, 0.4) is 0 Å². The number of aromatic nitrogens is 2. The van der Waals surface area contributed by atoms with Gasteiger partial charge in [0, 0.05) is 30.7 Å². The summed E-state index contributed by atoms with van der Waals surface area (Å²) in [5.74, 6) is 0.606. The molecule has 0 aliphatic heterocycles. The molecule has 0 aliphatic rings. The van der Waals surface area contributed by atoms with E-state index in [1.54, 1.807) is 56.0 Å². The molecular weight excluding hydrogens is 409 g/mol. The van der Waals surface area contributed by atoms with Gasteiger partial charge in [-0.1, -0.05) is 0 Å². The number of hydrogen-bond acceptors (Lipinski definition) is 5. The number of rotatable bonds is 6. The number of hydrogen-bond donors (Lipinski definition) is 1. The first-order valence-corrected chi connectivity index (χ1v) is 9.16. The summed E-state index contributed by atoms with van der Waals surface area (Å²) in [7, 11) is -0.375. The standard InChI is InChI=1S/C18H19N3O3S.2ClH/c1-19-11-14-10-18(15-4-3-9-20-12-15)21(13-14)25(22,23)17-7-5-16(24-2)6-8-17;;/h3-10,12-13,19H,11H2,1-2H3;2*1H. The molecule has 1 aromatic carbocycles. The lowest BCUT2D eigenvalue weighted by molar-refractivity contribution is 0.414. The van der Waals surface area contributed by atoms with E-state index in [9.17, 15) is 8.42 Å². The molecule has 9 heteroatoms. The normalized spacial score (nSPS) is 10.6. The van der Waals surface area contributed by atoms with Crippen molar-refractivity contribution in [1.29, 1.82) is 0 Å². The minimum absolute atomic E-state index is 0. The van der Waals surface area contributed by atoms with Crippen LogP contribution in [0.1, 0.15) is 5.56 Å². The molecule has 6 nitrogen and oxygen atoms in total. The van der Waals surface area contributed by atoms with Gasteiger partial charge in [-0.05, 0) is 55.1 Å². The number of halogens is 2. The van der Waals surface area contributed by atoms with Crippen LogP contribution in [0.25, 0.3) is 11.3 Å². The van der Waals surface area contributed by atoms with Crippen molar-refractivity contribution in [2.24, 2.45) is 0 Å². The van der Waals surface area contributed by atoms with Gasteiger partial charge in [0.15, 0.2) is 0 Å². The van der Waals surface area contributed by atoms with Crippen LogP contribution in [0.5, 0.6) is 5.75 Å². The Morgan fingerprint density at radius 3 is 2.41 bits per heavy atom. The molecule has 0 saturated carbocycles. The first-order valence-electron chi connectivity index (χ1n) is 7.72. The molecule has 2 aromatic heterocycles. The molecule has 0 spiro atoms. The average Bonchev–Trinajstić information content (AvgIpc) is 3.08. The molecule has 0 bridgehead atoms. The Bertz CT molecular complexity index is 959. The van der Waals surface area contributed by atoms with E-state index in [1.807, 2.05) is 19.2 Å². The molecule has 0 radical (unpaired) electrons. The largest absolute Gasteiger partial charge is 0.497 e. The number of nitrogens with one attached hydrogen (secondary N) is 1. The first kappa shape index (κ1) is 23.0. The Labute approximate surface area is 171 Å². The Kier molecular flexibility index (Phi) is 8.30. The Morgan fingerprint density at radius 2 is 1.85 bits per heavy atom. The van der Waals surface area contributed by atoms with Gasteiger partial charge in [0.1, 0.15) is 5.75 Å². The maximum Gasteiger partial charge on any atom is 0.268 e. The summed E-state index contributed by atoms with van der Waals surface area (Å²) >= 11 is 0. The third-order valence-corrected chi connectivity index (χ3v) is 5.48. The van der Waals surface area contributed by atoms with Crippen LogP contribution in [-0.2, 0) is 16.6 Å². The number of methoxy groups -OCH3 is 1. The van der Waals surface area contributed by atoms with E-state index in [1.165, 1.54) is 3.97 Å². The molecule has 3 aromatic rings. The second kappa shape index (κ2) is 9.75. The van der Waals surface area contributed by atoms with Crippen molar-refractivity contribution < 1.29 is 13.2 Å². The van der Waals surface area contributed by atoms with Crippen LogP contribution in [0.15, 0.2) is 66.0 Å². The Hall–Kier alpha value is -2.06. The van der Waals surface area contributed by atoms with Crippen molar-refractivity contribution in [2.45, 2.75) is 11.4 Å². The lowest BCUT2D eigenvalue weighted by atomic mass is 10.2. The zero-order valence-corrected chi connectivity index (χ0v) is 17.3. The smallest absolute Gasteiger partial charge is 0.268 e. The third kappa shape index (κ3) is 4.81. The average molecular weight is 430 g/mol. The fourth-order valence-electron chi connectivity index (χ4n) is 2.58. The molecule has 1 N–H and O–H groups in total. The molecule has 2 heterocycles. The summed E-state index contributed by atoms with van der Waals surface area (Å²) in [4.78, 5) is 4.29. The maximum absolute atomic E-state index is 13.1. The summed E-state index contributed by atoms with van der Waals surface area (Å²) in [5, 5.41) is 3.04. The van der Waals surface area contributed by atoms with Gasteiger partial charge in [0.25, 0.3) is 10.0 Å². The summed E-state index contributed by atoms with van der Waals surface area (Å²) in [6.45, 7) is 0.568. The lowest BCUT2D eigenvalue weighted by Crippen LogP contribution is -2.13. The summed E-state index contributed by atoms with van der Waals surface area (Å²) < 4.78 is 32.7. The first-order chi connectivity index (χ1) is 12.1. The van der Waals surface area contributed by atoms with Crippen LogP contribution >= 0.6 is 24.8 Å². The molecule has 0 unspecified atom stereocenters. The lowest BCUT2D eigenvalue weighted by Gasteiger charge is -2.11. The predicted octanol–water partition coefficient (Wildman–Crippen LogP) is 3.36. The highest BCUT2D eigenvalue weighted by Gasteiger charge is 2.22. The minimum Gasteiger partial charge on any atom is -0.497 e. The van der Waals surface area contributed by atoms with E-state index >= 15 is 0 Å². The van der Waals surface area contributed by atoms with Gasteiger partial charge < -0.3 is 10.1 Å². The molecular formula is C18H21Cl2N3O3S. The van der Waals surface area contributed by atoms with Crippen molar-refractivity contribution in [2.75, 3.05) is 14.2 Å². The number of pyridine rings is 1. The number of benzene rings is 1. The molecule has 0 fully saturated rings. The molecule has 146 valence electrons. The highest BCUT2D eigenvalue weighted by Crippen LogP contribution is 2.27. The van der Waals surface area contributed by atoms with Gasteiger partial charge in [-0.3, -0.25) is 4.98 Å². The zero-order valence-electron chi connectivity index (χ0n) is 14.8. The summed E-state index contributed by atoms with van der Waals surface area (Å²) in [5.41, 5.74) is 2.19. The SMILES string of the molecule is CNCc1cc(-c2cccnc2)n(S(=O)(=O)c2ccc(OC)cc2)c1.Cl.Cl. The molecule has 3 rings (SSSR count). The zero-order chi connectivity index (χ0) is 17.9. The Morgan fingerprint density at radius 1 is 1.15 bits per heavy atom. The monoisotopic (exact) mass is 429 g/mol. The van der Waals surface area contributed by atoms with Gasteiger partial charge in [-0.15, -0.1) is 24.8 Å². The summed E-state index contributed by atoms with van der Waals surface area (Å²) in [6.07, 6.45) is 4.94. The van der Waals surface area contributed by atoms with Crippen LogP contribution in [0.2, 0.25) is 0 Å². The topological polar surface area (TPSA) is 73.2 Å². The van der Waals surface area contributed by atoms with E-state index < -0.39 is 10.0 Å². The van der Waals surface area contributed by atoms with Gasteiger partial charge in [-0.25, -0.2) is 12.4 Å². The fraction of sp³-hybridized carbons (Fsp3) is 0.167. The number of nitrogens with zero attached hydrogens (tertiary/aromatic N) is 2. The van der Waals surface area contributed by atoms with Crippen molar-refractivity contribution in [1.82, 2.24) is 14.3 Å². The second-order valence-corrected chi connectivity index (χ2v) is 7.30. The van der Waals surface area contributed by atoms with Crippen molar-refractivity contribution in [3.8, 4) is 17.0 Å². The van der Waals surface area contributed by atoms with Crippen molar-refractivity contribution in [3.63, 3.8) is 0 Å². The van der Waals surface area contributed by atoms with Gasteiger partial charge in [0.2, 0.25) is 0 Å². The van der Waals surface area contributed by atoms with E-state index in [0.29, 0.717) is 18.0 Å². The van der Waals surface area contributed by atoms with Gasteiger partial charge in [-0.2, -0.15) is 0 Å².